The number of carboxylic acids is 2. The Kier molecular flexibility index (Phi) is 2.69. The largest absolute Gasteiger partial charge is 0.480 e. The van der Waals surface area contributed by atoms with E-state index in [0.29, 0.717) is 11.5 Å². The van der Waals surface area contributed by atoms with Gasteiger partial charge in [-0.05, 0) is 0 Å². The highest BCUT2D eigenvalue weighted by Crippen LogP contribution is 2.13. The Balaban J connectivity index is 2.76. The van der Waals surface area contributed by atoms with Gasteiger partial charge in [-0.3, -0.25) is 4.99 Å². The molecule has 1 aliphatic heterocycles. The molecule has 0 fully saturated rings. The molecule has 0 unspecified atom stereocenters. The predicted molar refractivity (Wildman–Crippen MR) is 43.8 cm³/mol. The highest BCUT2D eigenvalue weighted by atomic mass is 32.2. The number of thioether (sulfide) groups is 1. The highest BCUT2D eigenvalue weighted by molar-refractivity contribution is 8.00. The smallest absolute Gasteiger partial charge is 0.350 e. The molecule has 1 atom stereocenters. The number of hydrogen-bond acceptors (Lipinski definition) is 4. The van der Waals surface area contributed by atoms with Gasteiger partial charge >= 0.3 is 11.9 Å². The van der Waals surface area contributed by atoms with Crippen LogP contribution in [-0.4, -0.2) is 45.4 Å². The molecule has 1 aliphatic rings. The van der Waals surface area contributed by atoms with Crippen LogP contribution in [0, 0.1) is 0 Å². The molecule has 0 bridgehead atoms. The number of carbonyl (C=O) groups is 2. The molecule has 2 N–H and O–H groups in total. The quantitative estimate of drug-likeness (QED) is 0.623. The molecule has 0 aromatic carbocycles. The maximum atomic E-state index is 10.4. The fourth-order valence-electron chi connectivity index (χ4n) is 0.773. The van der Waals surface area contributed by atoms with Gasteiger partial charge < -0.3 is 10.2 Å². The minimum Gasteiger partial charge on any atom is -0.480 e. The summed E-state index contributed by atoms with van der Waals surface area (Å²) in [5.41, 5.74) is -0.0568. The molecule has 6 heteroatoms. The Hall–Kier alpha value is -1.04. The van der Waals surface area contributed by atoms with E-state index < -0.39 is 18.0 Å². The van der Waals surface area contributed by atoms with E-state index in [1.807, 2.05) is 0 Å². The summed E-state index contributed by atoms with van der Waals surface area (Å²) < 4.78 is 0. The first-order chi connectivity index (χ1) is 5.61. The van der Waals surface area contributed by atoms with E-state index >= 15 is 0 Å². The summed E-state index contributed by atoms with van der Waals surface area (Å²) in [6.45, 7) is 0. The van der Waals surface area contributed by atoms with Crippen LogP contribution in [0.1, 0.15) is 0 Å². The fourth-order valence-corrected chi connectivity index (χ4v) is 1.72. The first-order valence-corrected chi connectivity index (χ1v) is 4.37. The van der Waals surface area contributed by atoms with Gasteiger partial charge in [0.2, 0.25) is 0 Å². The topological polar surface area (TPSA) is 87.0 Å². The second-order valence-corrected chi connectivity index (χ2v) is 3.28. The van der Waals surface area contributed by atoms with Crippen molar-refractivity contribution in [1.82, 2.24) is 0 Å². The van der Waals surface area contributed by atoms with E-state index in [-0.39, 0.29) is 5.71 Å². The number of rotatable bonds is 2. The van der Waals surface area contributed by atoms with Crippen molar-refractivity contribution in [3.8, 4) is 0 Å². The fraction of sp³-hybridized carbons (Fsp3) is 0.500. The first-order valence-electron chi connectivity index (χ1n) is 3.22. The van der Waals surface area contributed by atoms with Gasteiger partial charge in [-0.1, -0.05) is 0 Å². The number of hydrogen-bond donors (Lipinski definition) is 2. The van der Waals surface area contributed by atoms with Crippen molar-refractivity contribution in [2.75, 3.05) is 11.5 Å². The van der Waals surface area contributed by atoms with Crippen molar-refractivity contribution in [2.45, 2.75) is 6.04 Å². The Labute approximate surface area is 72.5 Å². The number of aliphatic carboxylic acids is 2. The third kappa shape index (κ3) is 1.97. The van der Waals surface area contributed by atoms with E-state index in [4.69, 9.17) is 10.2 Å². The average molecular weight is 189 g/mol. The minimum atomic E-state index is -1.13. The van der Waals surface area contributed by atoms with Gasteiger partial charge in [0.1, 0.15) is 5.71 Å². The van der Waals surface area contributed by atoms with Crippen molar-refractivity contribution in [2.24, 2.45) is 4.99 Å². The molecule has 1 rings (SSSR count). The minimum absolute atomic E-state index is 0.0568. The summed E-state index contributed by atoms with van der Waals surface area (Å²) in [6, 6.07) is -0.894. The lowest BCUT2D eigenvalue weighted by molar-refractivity contribution is -0.137. The zero-order valence-corrected chi connectivity index (χ0v) is 6.87. The molecule has 66 valence electrons. The second-order valence-electron chi connectivity index (χ2n) is 2.25. The van der Waals surface area contributed by atoms with Crippen LogP contribution in [0.15, 0.2) is 4.99 Å². The normalized spacial score (nSPS) is 23.0. The van der Waals surface area contributed by atoms with E-state index in [0.717, 1.165) is 0 Å². The van der Waals surface area contributed by atoms with Crippen LogP contribution in [0.3, 0.4) is 0 Å². The molecule has 0 aromatic rings. The molecule has 12 heavy (non-hydrogen) atoms. The van der Waals surface area contributed by atoms with Crippen molar-refractivity contribution in [3.63, 3.8) is 0 Å². The summed E-state index contributed by atoms with van der Waals surface area (Å²) in [6.07, 6.45) is 0. The molecule has 0 radical (unpaired) electrons. The van der Waals surface area contributed by atoms with Crippen molar-refractivity contribution in [3.05, 3.63) is 0 Å². The highest BCUT2D eigenvalue weighted by Gasteiger charge is 2.24. The van der Waals surface area contributed by atoms with E-state index in [1.165, 1.54) is 11.8 Å². The standard InChI is InChI=1S/C6H7NO4S/c8-5(9)3-1-12-2-4(7-3)6(10)11/h3H,1-2H2,(H,8,9)(H,10,11)/t3-/m1/s1. The molecule has 0 amide bonds. The summed E-state index contributed by atoms with van der Waals surface area (Å²) >= 11 is 1.28. The maximum Gasteiger partial charge on any atom is 0.350 e. The van der Waals surface area contributed by atoms with Gasteiger partial charge in [-0.25, -0.2) is 9.59 Å². The predicted octanol–water partition coefficient (Wildman–Crippen LogP) is -0.288. The van der Waals surface area contributed by atoms with Gasteiger partial charge in [-0.2, -0.15) is 11.8 Å². The van der Waals surface area contributed by atoms with Crippen LogP contribution in [0.2, 0.25) is 0 Å². The lowest BCUT2D eigenvalue weighted by Gasteiger charge is -2.13. The van der Waals surface area contributed by atoms with Gasteiger partial charge in [0.05, 0.1) is 0 Å². The summed E-state index contributed by atoms with van der Waals surface area (Å²) in [7, 11) is 0. The molecule has 1 heterocycles. The lowest BCUT2D eigenvalue weighted by Crippen LogP contribution is -2.30. The summed E-state index contributed by atoms with van der Waals surface area (Å²) in [5.74, 6) is -1.56. The molecule has 0 aromatic heterocycles. The van der Waals surface area contributed by atoms with Crippen LogP contribution < -0.4 is 0 Å². The Morgan fingerprint density at radius 1 is 1.50 bits per heavy atom. The number of nitrogens with zero attached hydrogens (tertiary/aromatic N) is 1. The Morgan fingerprint density at radius 3 is 2.67 bits per heavy atom. The van der Waals surface area contributed by atoms with Gasteiger partial charge in [0.25, 0.3) is 0 Å². The van der Waals surface area contributed by atoms with E-state index in [9.17, 15) is 9.59 Å². The van der Waals surface area contributed by atoms with Gasteiger partial charge in [-0.15, -0.1) is 0 Å². The van der Waals surface area contributed by atoms with Crippen LogP contribution in [-0.2, 0) is 9.59 Å². The summed E-state index contributed by atoms with van der Waals surface area (Å²) in [4.78, 5) is 24.4. The Morgan fingerprint density at radius 2 is 2.17 bits per heavy atom. The van der Waals surface area contributed by atoms with Gasteiger partial charge in [0, 0.05) is 11.5 Å². The van der Waals surface area contributed by atoms with Crippen LogP contribution in [0.5, 0.6) is 0 Å². The molecule has 0 spiro atoms. The molecular weight excluding hydrogens is 182 g/mol. The van der Waals surface area contributed by atoms with E-state index in [2.05, 4.69) is 4.99 Å². The van der Waals surface area contributed by atoms with Crippen LogP contribution >= 0.6 is 11.8 Å². The summed E-state index contributed by atoms with van der Waals surface area (Å²) in [5, 5.41) is 17.0. The van der Waals surface area contributed by atoms with Crippen molar-refractivity contribution < 1.29 is 19.8 Å². The van der Waals surface area contributed by atoms with Crippen molar-refractivity contribution in [1.29, 1.82) is 0 Å². The lowest BCUT2D eigenvalue weighted by atomic mass is 10.3. The second kappa shape index (κ2) is 3.57. The molecule has 0 saturated carbocycles. The molecule has 0 aliphatic carbocycles. The molecule has 5 nitrogen and oxygen atoms in total. The average Bonchev–Trinajstić information content (AvgIpc) is 2.04. The number of carboxylic acid groups (broad SMARTS) is 2. The van der Waals surface area contributed by atoms with Gasteiger partial charge in [0.15, 0.2) is 6.04 Å². The SMILES string of the molecule is O=C(O)C1=N[C@@H](C(=O)O)CSC1. The molecular formula is C6H7NO4S. The zero-order valence-electron chi connectivity index (χ0n) is 6.06. The third-order valence-electron chi connectivity index (χ3n) is 1.36. The maximum absolute atomic E-state index is 10.4. The Bertz CT molecular complexity index is 250. The first kappa shape index (κ1) is 9.05. The molecule has 0 saturated heterocycles. The zero-order chi connectivity index (χ0) is 9.14. The third-order valence-corrected chi connectivity index (χ3v) is 2.39. The van der Waals surface area contributed by atoms with Crippen molar-refractivity contribution >= 4 is 29.4 Å². The van der Waals surface area contributed by atoms with Crippen LogP contribution in [0.25, 0.3) is 0 Å². The monoisotopic (exact) mass is 189 g/mol. The van der Waals surface area contributed by atoms with Crippen LogP contribution in [0.4, 0.5) is 0 Å². The number of aliphatic imine (C=N–C) groups is 1. The van der Waals surface area contributed by atoms with E-state index in [1.54, 1.807) is 0 Å².